The molecule has 132 valence electrons. The molecule has 0 bridgehead atoms. The van der Waals surface area contributed by atoms with E-state index in [9.17, 15) is 23.9 Å². The third-order valence-corrected chi connectivity index (χ3v) is 4.05. The van der Waals surface area contributed by atoms with Gasteiger partial charge in [0.15, 0.2) is 18.0 Å². The van der Waals surface area contributed by atoms with E-state index in [1.807, 2.05) is 0 Å². The maximum atomic E-state index is 13.6. The molecule has 0 atom stereocenters. The number of hydrogen-bond acceptors (Lipinski definition) is 4. The molecule has 3 aromatic rings. The summed E-state index contributed by atoms with van der Waals surface area (Å²) >= 11 is 6.03. The van der Waals surface area contributed by atoms with Crippen LogP contribution < -0.4 is 0 Å². The fourth-order valence-electron chi connectivity index (χ4n) is 2.37. The summed E-state index contributed by atoms with van der Waals surface area (Å²) in [6.45, 7) is -0.536. The maximum absolute atomic E-state index is 13.6. The maximum Gasteiger partial charge on any atom is 0.361 e. The topological polar surface area (TPSA) is 73.4 Å². The van der Waals surface area contributed by atoms with E-state index >= 15 is 0 Å². The summed E-state index contributed by atoms with van der Waals surface area (Å²) < 4.78 is 27.6. The predicted molar refractivity (Wildman–Crippen MR) is 91.4 cm³/mol. The highest BCUT2D eigenvalue weighted by atomic mass is 35.5. The largest absolute Gasteiger partial charge is 0.504 e. The van der Waals surface area contributed by atoms with Crippen LogP contribution in [0.15, 0.2) is 48.7 Å². The minimum absolute atomic E-state index is 0.0458. The highest BCUT2D eigenvalue weighted by Gasteiger charge is 2.20. The van der Waals surface area contributed by atoms with Crippen molar-refractivity contribution in [3.8, 4) is 22.6 Å². The van der Waals surface area contributed by atoms with Gasteiger partial charge in [-0.05, 0) is 34.0 Å². The van der Waals surface area contributed by atoms with E-state index in [0.717, 1.165) is 12.1 Å². The number of aromatic nitrogens is 1. The van der Waals surface area contributed by atoms with Crippen LogP contribution >= 0.6 is 11.6 Å². The van der Waals surface area contributed by atoms with Crippen molar-refractivity contribution in [2.24, 2.45) is 0 Å². The third kappa shape index (κ3) is 3.48. The van der Waals surface area contributed by atoms with Crippen LogP contribution in [0.5, 0.6) is 11.5 Å². The second-order valence-corrected chi connectivity index (χ2v) is 5.87. The zero-order valence-electron chi connectivity index (χ0n) is 13.2. The molecule has 0 spiro atoms. The van der Waals surface area contributed by atoms with Crippen LogP contribution in [-0.2, 0) is 6.54 Å². The Morgan fingerprint density at radius 3 is 2.31 bits per heavy atom. The molecule has 0 saturated carbocycles. The Bertz CT molecular complexity index is 974. The third-order valence-electron chi connectivity index (χ3n) is 3.74. The molecule has 26 heavy (non-hydrogen) atoms. The SMILES string of the molecule is O=[N+](Cc1c(F)cccc1F)c1ccc(-c2cc(O)c(O)cc2Cl)cn1. The van der Waals surface area contributed by atoms with Gasteiger partial charge in [-0.3, -0.25) is 0 Å². The number of nitroso groups, excluding NO2 is 1. The van der Waals surface area contributed by atoms with Crippen LogP contribution in [0.4, 0.5) is 14.6 Å². The molecular formula is C18H12ClF2N2O3+. The standard InChI is InChI=1S/C18H11ClF2N2O3/c19-13-7-17(25)16(24)6-11(13)10-4-5-18(22-8-10)23(26)9-12-14(20)2-1-3-15(12)21/h1-8H,9H2,(H-,22,24,25,26)/p+1. The molecule has 0 radical (unpaired) electrons. The van der Waals surface area contributed by atoms with E-state index in [-0.39, 0.29) is 27.9 Å². The van der Waals surface area contributed by atoms with Crippen molar-refractivity contribution in [2.45, 2.75) is 6.54 Å². The average molecular weight is 378 g/mol. The van der Waals surface area contributed by atoms with Gasteiger partial charge >= 0.3 is 5.82 Å². The van der Waals surface area contributed by atoms with E-state index in [4.69, 9.17) is 11.6 Å². The molecule has 1 heterocycles. The summed E-state index contributed by atoms with van der Waals surface area (Å²) in [5.41, 5.74) is 0.540. The Hall–Kier alpha value is -3.06. The molecule has 0 unspecified atom stereocenters. The molecule has 3 rings (SSSR count). The monoisotopic (exact) mass is 377 g/mol. The molecule has 0 aliphatic heterocycles. The molecule has 0 saturated heterocycles. The lowest BCUT2D eigenvalue weighted by atomic mass is 10.1. The van der Waals surface area contributed by atoms with Crippen LogP contribution in [0.25, 0.3) is 11.1 Å². The molecule has 0 fully saturated rings. The molecule has 1 aromatic heterocycles. The second-order valence-electron chi connectivity index (χ2n) is 5.46. The minimum atomic E-state index is -0.811. The van der Waals surface area contributed by atoms with Gasteiger partial charge in [0.25, 0.3) is 0 Å². The lowest BCUT2D eigenvalue weighted by Crippen LogP contribution is -2.07. The van der Waals surface area contributed by atoms with Crippen molar-refractivity contribution in [3.05, 3.63) is 75.8 Å². The molecular weight excluding hydrogens is 366 g/mol. The van der Waals surface area contributed by atoms with Gasteiger partial charge in [-0.25, -0.2) is 8.78 Å². The quantitative estimate of drug-likeness (QED) is 0.510. The van der Waals surface area contributed by atoms with Crippen molar-refractivity contribution in [2.75, 3.05) is 0 Å². The molecule has 2 aromatic carbocycles. The van der Waals surface area contributed by atoms with E-state index in [0.29, 0.717) is 15.9 Å². The summed E-state index contributed by atoms with van der Waals surface area (Å²) in [4.78, 5) is 16.1. The lowest BCUT2D eigenvalue weighted by molar-refractivity contribution is -0.484. The molecule has 5 nitrogen and oxygen atoms in total. The van der Waals surface area contributed by atoms with Crippen LogP contribution in [0.2, 0.25) is 5.02 Å². The number of phenolic OH excluding ortho intramolecular Hbond substituents is 2. The van der Waals surface area contributed by atoms with Gasteiger partial charge < -0.3 is 10.2 Å². The normalized spacial score (nSPS) is 10.7. The first-order valence-electron chi connectivity index (χ1n) is 7.42. The first-order chi connectivity index (χ1) is 12.4. The fraction of sp³-hybridized carbons (Fsp3) is 0.0556. The first-order valence-corrected chi connectivity index (χ1v) is 7.80. The molecule has 8 heteroatoms. The highest BCUT2D eigenvalue weighted by molar-refractivity contribution is 6.33. The summed E-state index contributed by atoms with van der Waals surface area (Å²) in [6.07, 6.45) is 1.33. The molecule has 0 amide bonds. The van der Waals surface area contributed by atoms with Gasteiger partial charge in [-0.15, -0.1) is 0 Å². The van der Waals surface area contributed by atoms with E-state index in [2.05, 4.69) is 4.98 Å². The van der Waals surface area contributed by atoms with Crippen LogP contribution in [0.1, 0.15) is 5.56 Å². The molecule has 0 aliphatic carbocycles. The first kappa shape index (κ1) is 17.8. The van der Waals surface area contributed by atoms with Crippen molar-refractivity contribution in [1.82, 2.24) is 4.98 Å². The van der Waals surface area contributed by atoms with Crippen molar-refractivity contribution in [3.63, 3.8) is 0 Å². The minimum Gasteiger partial charge on any atom is -0.504 e. The zero-order chi connectivity index (χ0) is 18.8. The van der Waals surface area contributed by atoms with E-state index in [1.165, 1.54) is 36.5 Å². The van der Waals surface area contributed by atoms with Gasteiger partial charge in [0.05, 0.1) is 10.6 Å². The van der Waals surface area contributed by atoms with Crippen LogP contribution in [0, 0.1) is 16.5 Å². The fourth-order valence-corrected chi connectivity index (χ4v) is 2.64. The van der Waals surface area contributed by atoms with Gasteiger partial charge in [-0.2, -0.15) is 0 Å². The predicted octanol–water partition coefficient (Wildman–Crippen LogP) is 4.70. The van der Waals surface area contributed by atoms with Crippen molar-refractivity contribution >= 4 is 17.4 Å². The van der Waals surface area contributed by atoms with Crippen LogP contribution in [-0.4, -0.2) is 20.0 Å². The molecule has 0 aliphatic rings. The van der Waals surface area contributed by atoms with Crippen LogP contribution in [0.3, 0.4) is 0 Å². The smallest absolute Gasteiger partial charge is 0.361 e. The number of hydrogen-bond donors (Lipinski definition) is 2. The zero-order valence-corrected chi connectivity index (χ0v) is 13.9. The van der Waals surface area contributed by atoms with Gasteiger partial charge in [-0.1, -0.05) is 22.6 Å². The lowest BCUT2D eigenvalue weighted by Gasteiger charge is -2.05. The van der Waals surface area contributed by atoms with E-state index in [1.54, 1.807) is 0 Å². The Balaban J connectivity index is 1.86. The highest BCUT2D eigenvalue weighted by Crippen LogP contribution is 2.37. The Labute approximate surface area is 151 Å². The Morgan fingerprint density at radius 2 is 1.69 bits per heavy atom. The number of rotatable bonds is 4. The van der Waals surface area contributed by atoms with Crippen molar-refractivity contribution in [1.29, 1.82) is 0 Å². The van der Waals surface area contributed by atoms with E-state index < -0.39 is 18.2 Å². The van der Waals surface area contributed by atoms with Crippen molar-refractivity contribution < 1.29 is 23.8 Å². The Kier molecular flexibility index (Phi) is 4.81. The second kappa shape index (κ2) is 7.05. The summed E-state index contributed by atoms with van der Waals surface area (Å²) in [7, 11) is 0. The summed E-state index contributed by atoms with van der Waals surface area (Å²) in [5.74, 6) is -2.38. The van der Waals surface area contributed by atoms with Gasteiger partial charge in [0.2, 0.25) is 0 Å². The number of phenols is 2. The number of pyridine rings is 1. The van der Waals surface area contributed by atoms with Gasteiger partial charge in [0.1, 0.15) is 17.8 Å². The van der Waals surface area contributed by atoms with Gasteiger partial charge in [0, 0.05) is 23.3 Å². The average Bonchev–Trinajstić information content (AvgIpc) is 2.61. The number of nitrogens with zero attached hydrogens (tertiary/aromatic N) is 2. The summed E-state index contributed by atoms with van der Waals surface area (Å²) in [5, 5.41) is 19.2. The number of halogens is 3. The molecule has 2 N–H and O–H groups in total. The number of aromatic hydroxyl groups is 2. The Morgan fingerprint density at radius 1 is 1.04 bits per heavy atom. The number of benzene rings is 2. The summed E-state index contributed by atoms with van der Waals surface area (Å²) in [6, 6.07) is 8.68.